The number of ether oxygens (including phenoxy) is 1. The summed E-state index contributed by atoms with van der Waals surface area (Å²) in [6.07, 6.45) is 0. The molecule has 0 unspecified atom stereocenters. The molecule has 0 saturated carbocycles. The summed E-state index contributed by atoms with van der Waals surface area (Å²) in [5, 5.41) is 18.6. The van der Waals surface area contributed by atoms with Crippen LogP contribution in [0.25, 0.3) is 0 Å². The fourth-order valence-corrected chi connectivity index (χ4v) is 4.30. The van der Waals surface area contributed by atoms with E-state index in [9.17, 15) is 14.9 Å². The standard InChI is InChI=1S/C26H33N5O4/c1-6-29(7-2)24(22-9-8-10-23(15-22)35-5)16-27-26(32)21-13-11-20(12-14-21)17-30-19(4)25(31(33)34)18(3)28-30/h8-15,24H,6-7,16-17H2,1-5H3,(H,27,32)/t24-/m1/s1. The van der Waals surface area contributed by atoms with Gasteiger partial charge >= 0.3 is 5.69 Å². The highest BCUT2D eigenvalue weighted by atomic mass is 16.6. The van der Waals surface area contributed by atoms with Gasteiger partial charge < -0.3 is 10.1 Å². The normalized spacial score (nSPS) is 11.9. The average Bonchev–Trinajstić information content (AvgIpc) is 3.14. The monoisotopic (exact) mass is 479 g/mol. The quantitative estimate of drug-likeness (QED) is 0.325. The molecule has 3 aromatic rings. The summed E-state index contributed by atoms with van der Waals surface area (Å²) >= 11 is 0. The van der Waals surface area contributed by atoms with Crippen molar-refractivity contribution in [2.24, 2.45) is 0 Å². The molecule has 2 aromatic carbocycles. The van der Waals surface area contributed by atoms with Gasteiger partial charge in [0, 0.05) is 12.1 Å². The first-order valence-corrected chi connectivity index (χ1v) is 11.7. The first-order valence-electron chi connectivity index (χ1n) is 11.7. The largest absolute Gasteiger partial charge is 0.497 e. The predicted octanol–water partition coefficient (Wildman–Crippen LogP) is 4.28. The number of rotatable bonds is 11. The minimum Gasteiger partial charge on any atom is -0.497 e. The summed E-state index contributed by atoms with van der Waals surface area (Å²) in [6, 6.07) is 15.2. The van der Waals surface area contributed by atoms with Crippen LogP contribution in [0, 0.1) is 24.0 Å². The number of benzene rings is 2. The van der Waals surface area contributed by atoms with Crippen molar-refractivity contribution in [2.75, 3.05) is 26.7 Å². The van der Waals surface area contributed by atoms with Crippen LogP contribution in [0.5, 0.6) is 5.75 Å². The molecule has 0 spiro atoms. The van der Waals surface area contributed by atoms with Gasteiger partial charge in [0.05, 0.1) is 24.6 Å². The number of aromatic nitrogens is 2. The Morgan fingerprint density at radius 3 is 2.43 bits per heavy atom. The number of carbonyl (C=O) groups is 1. The lowest BCUT2D eigenvalue weighted by atomic mass is 10.0. The van der Waals surface area contributed by atoms with Crippen molar-refractivity contribution in [1.82, 2.24) is 20.0 Å². The molecule has 186 valence electrons. The van der Waals surface area contributed by atoms with E-state index in [4.69, 9.17) is 4.74 Å². The van der Waals surface area contributed by atoms with Crippen LogP contribution in [0.3, 0.4) is 0 Å². The van der Waals surface area contributed by atoms with E-state index in [2.05, 4.69) is 35.2 Å². The van der Waals surface area contributed by atoms with Crippen LogP contribution in [0.15, 0.2) is 48.5 Å². The molecule has 1 atom stereocenters. The highest BCUT2D eigenvalue weighted by Gasteiger charge is 2.22. The molecule has 35 heavy (non-hydrogen) atoms. The smallest absolute Gasteiger partial charge is 0.312 e. The SMILES string of the molecule is CCN(CC)[C@H](CNC(=O)c1ccc(Cn2nc(C)c([N+](=O)[O-])c2C)cc1)c1cccc(OC)c1. The van der Waals surface area contributed by atoms with Gasteiger partial charge in [-0.2, -0.15) is 5.10 Å². The molecule has 0 aliphatic rings. The Morgan fingerprint density at radius 2 is 1.86 bits per heavy atom. The van der Waals surface area contributed by atoms with E-state index in [-0.39, 0.29) is 17.6 Å². The number of aryl methyl sites for hydroxylation is 1. The van der Waals surface area contributed by atoms with E-state index in [0.29, 0.717) is 30.0 Å². The molecule has 0 radical (unpaired) electrons. The molecule has 9 nitrogen and oxygen atoms in total. The Bertz CT molecular complexity index is 1170. The molecule has 0 aliphatic carbocycles. The number of methoxy groups -OCH3 is 1. The third-order valence-corrected chi connectivity index (χ3v) is 6.26. The Kier molecular flexibility index (Phi) is 8.59. The third-order valence-electron chi connectivity index (χ3n) is 6.26. The van der Waals surface area contributed by atoms with E-state index in [1.54, 1.807) is 37.8 Å². The third kappa shape index (κ3) is 6.05. The lowest BCUT2D eigenvalue weighted by Gasteiger charge is -2.30. The molecule has 0 saturated heterocycles. The Morgan fingerprint density at radius 1 is 1.17 bits per heavy atom. The van der Waals surface area contributed by atoms with Crippen LogP contribution in [0.1, 0.15) is 52.8 Å². The number of carbonyl (C=O) groups excluding carboxylic acids is 1. The zero-order chi connectivity index (χ0) is 25.5. The molecule has 3 rings (SSSR count). The van der Waals surface area contributed by atoms with Gasteiger partial charge in [-0.25, -0.2) is 0 Å². The second-order valence-corrected chi connectivity index (χ2v) is 8.35. The minimum atomic E-state index is -0.404. The maximum absolute atomic E-state index is 12.9. The zero-order valence-corrected chi connectivity index (χ0v) is 20.9. The molecule has 9 heteroatoms. The van der Waals surface area contributed by atoms with Crippen LogP contribution in [-0.4, -0.2) is 52.3 Å². The molecular formula is C26H33N5O4. The molecule has 0 aliphatic heterocycles. The van der Waals surface area contributed by atoms with E-state index in [0.717, 1.165) is 30.0 Å². The van der Waals surface area contributed by atoms with Gasteiger partial charge in [-0.05, 0) is 62.3 Å². The summed E-state index contributed by atoms with van der Waals surface area (Å²) in [5.41, 5.74) is 3.48. The van der Waals surface area contributed by atoms with Crippen molar-refractivity contribution in [1.29, 1.82) is 0 Å². The van der Waals surface area contributed by atoms with Crippen molar-refractivity contribution >= 4 is 11.6 Å². The van der Waals surface area contributed by atoms with Crippen LogP contribution in [-0.2, 0) is 6.54 Å². The summed E-state index contributed by atoms with van der Waals surface area (Å²) in [7, 11) is 1.65. The number of hydrogen-bond acceptors (Lipinski definition) is 6. The highest BCUT2D eigenvalue weighted by molar-refractivity contribution is 5.94. The molecular weight excluding hydrogens is 446 g/mol. The summed E-state index contributed by atoms with van der Waals surface area (Å²) in [4.78, 5) is 26.0. The fraction of sp³-hybridized carbons (Fsp3) is 0.385. The Hall–Kier alpha value is -3.72. The number of amides is 1. The molecule has 1 amide bonds. The van der Waals surface area contributed by atoms with Crippen molar-refractivity contribution in [3.05, 3.63) is 86.7 Å². The van der Waals surface area contributed by atoms with Gasteiger partial charge in [-0.15, -0.1) is 0 Å². The molecule has 1 N–H and O–H groups in total. The lowest BCUT2D eigenvalue weighted by Crippen LogP contribution is -2.38. The topological polar surface area (TPSA) is 103 Å². The van der Waals surface area contributed by atoms with Crippen LogP contribution in [0.2, 0.25) is 0 Å². The van der Waals surface area contributed by atoms with Gasteiger partial charge in [0.1, 0.15) is 17.1 Å². The number of nitro groups is 1. The summed E-state index contributed by atoms with van der Waals surface area (Å²) in [6.45, 7) is 10.1. The first-order chi connectivity index (χ1) is 16.8. The van der Waals surface area contributed by atoms with Crippen LogP contribution >= 0.6 is 0 Å². The van der Waals surface area contributed by atoms with E-state index >= 15 is 0 Å². The molecule has 1 aromatic heterocycles. The Balaban J connectivity index is 1.70. The highest BCUT2D eigenvalue weighted by Crippen LogP contribution is 2.24. The predicted molar refractivity (Wildman–Crippen MR) is 135 cm³/mol. The average molecular weight is 480 g/mol. The first kappa shape index (κ1) is 25.9. The van der Waals surface area contributed by atoms with E-state index in [1.165, 1.54) is 0 Å². The second kappa shape index (κ2) is 11.6. The van der Waals surface area contributed by atoms with E-state index < -0.39 is 4.92 Å². The van der Waals surface area contributed by atoms with Crippen molar-refractivity contribution in [3.63, 3.8) is 0 Å². The second-order valence-electron chi connectivity index (χ2n) is 8.35. The van der Waals surface area contributed by atoms with Gasteiger partial charge in [0.25, 0.3) is 5.91 Å². The molecule has 0 bridgehead atoms. The minimum absolute atomic E-state index is 0.0187. The maximum Gasteiger partial charge on any atom is 0.312 e. The number of hydrogen-bond donors (Lipinski definition) is 1. The number of likely N-dealkylation sites (N-methyl/N-ethyl adjacent to an activating group) is 1. The molecule has 1 heterocycles. The van der Waals surface area contributed by atoms with Gasteiger partial charge in [-0.3, -0.25) is 24.5 Å². The lowest BCUT2D eigenvalue weighted by molar-refractivity contribution is -0.386. The van der Waals surface area contributed by atoms with Crippen LogP contribution < -0.4 is 10.1 Å². The van der Waals surface area contributed by atoms with Crippen molar-refractivity contribution < 1.29 is 14.5 Å². The fourth-order valence-electron chi connectivity index (χ4n) is 4.30. The number of nitrogens with one attached hydrogen (secondary N) is 1. The zero-order valence-electron chi connectivity index (χ0n) is 20.9. The van der Waals surface area contributed by atoms with E-state index in [1.807, 2.05) is 30.3 Å². The van der Waals surface area contributed by atoms with Crippen molar-refractivity contribution in [2.45, 2.75) is 40.3 Å². The van der Waals surface area contributed by atoms with Gasteiger partial charge in [-0.1, -0.05) is 38.1 Å². The van der Waals surface area contributed by atoms with Gasteiger partial charge in [0.15, 0.2) is 0 Å². The number of nitrogens with zero attached hydrogens (tertiary/aromatic N) is 4. The van der Waals surface area contributed by atoms with Crippen molar-refractivity contribution in [3.8, 4) is 5.75 Å². The summed E-state index contributed by atoms with van der Waals surface area (Å²) in [5.74, 6) is 0.632. The van der Waals surface area contributed by atoms with Gasteiger partial charge in [0.2, 0.25) is 0 Å². The maximum atomic E-state index is 12.9. The Labute approximate surface area is 205 Å². The summed E-state index contributed by atoms with van der Waals surface area (Å²) < 4.78 is 7.00. The molecule has 0 fully saturated rings. The van der Waals surface area contributed by atoms with Crippen LogP contribution in [0.4, 0.5) is 5.69 Å².